The van der Waals surface area contributed by atoms with Crippen molar-refractivity contribution in [2.75, 3.05) is 13.1 Å². The van der Waals surface area contributed by atoms with Gasteiger partial charge in [0.25, 0.3) is 5.91 Å². The van der Waals surface area contributed by atoms with Crippen LogP contribution >= 0.6 is 0 Å². The summed E-state index contributed by atoms with van der Waals surface area (Å²) in [5, 5.41) is 14.8. The zero-order valence-corrected chi connectivity index (χ0v) is 14.3. The quantitative estimate of drug-likeness (QED) is 0.696. The van der Waals surface area contributed by atoms with Crippen LogP contribution in [0, 0.1) is 11.3 Å². The highest BCUT2D eigenvalue weighted by atomic mass is 16.1. The van der Waals surface area contributed by atoms with E-state index in [0.29, 0.717) is 31.6 Å². The zero-order chi connectivity index (χ0) is 17.9. The second kappa shape index (κ2) is 6.98. The number of para-hydroxylation sites is 1. The summed E-state index contributed by atoms with van der Waals surface area (Å²) >= 11 is 0. The molecule has 4 rings (SSSR count). The van der Waals surface area contributed by atoms with Crippen LogP contribution in [0.5, 0.6) is 0 Å². The lowest BCUT2D eigenvalue weighted by Crippen LogP contribution is -2.24. The van der Waals surface area contributed by atoms with Gasteiger partial charge in [-0.25, -0.2) is 4.98 Å². The summed E-state index contributed by atoms with van der Waals surface area (Å²) in [6.45, 7) is 2.72. The van der Waals surface area contributed by atoms with Crippen LogP contribution in [-0.4, -0.2) is 28.5 Å². The molecule has 1 aromatic heterocycles. The number of benzene rings is 2. The lowest BCUT2D eigenvalue weighted by Gasteiger charge is -2.08. The molecule has 1 aliphatic rings. The number of nitriles is 1. The van der Waals surface area contributed by atoms with E-state index in [2.05, 4.69) is 45.5 Å². The van der Waals surface area contributed by atoms with Gasteiger partial charge >= 0.3 is 0 Å². The topological polar surface area (TPSA) is 82.7 Å². The van der Waals surface area contributed by atoms with E-state index in [-0.39, 0.29) is 5.91 Å². The van der Waals surface area contributed by atoms with Crippen LogP contribution in [0.2, 0.25) is 0 Å². The number of nitrogens with zero attached hydrogens (tertiary/aromatic N) is 3. The average molecular weight is 345 g/mol. The third kappa shape index (κ3) is 2.93. The van der Waals surface area contributed by atoms with Gasteiger partial charge in [-0.05, 0) is 17.7 Å². The summed E-state index contributed by atoms with van der Waals surface area (Å²) in [5.41, 5.74) is 4.62. The highest BCUT2D eigenvalue weighted by Crippen LogP contribution is 2.28. The lowest BCUT2D eigenvalue weighted by molar-refractivity contribution is 0.0956. The van der Waals surface area contributed by atoms with Gasteiger partial charge in [0, 0.05) is 38.2 Å². The van der Waals surface area contributed by atoms with Crippen LogP contribution in [0.3, 0.4) is 0 Å². The second-order valence-corrected chi connectivity index (χ2v) is 6.30. The van der Waals surface area contributed by atoms with E-state index < -0.39 is 0 Å². The summed E-state index contributed by atoms with van der Waals surface area (Å²) < 4.78 is 2.13. The van der Waals surface area contributed by atoms with Gasteiger partial charge in [0.15, 0.2) is 0 Å². The third-order valence-electron chi connectivity index (χ3n) is 4.59. The highest BCUT2D eigenvalue weighted by molar-refractivity contribution is 6.06. The van der Waals surface area contributed by atoms with Gasteiger partial charge in [-0.15, -0.1) is 0 Å². The van der Waals surface area contributed by atoms with Crippen LogP contribution in [0.15, 0.2) is 42.5 Å². The Morgan fingerprint density at radius 1 is 1.23 bits per heavy atom. The van der Waals surface area contributed by atoms with E-state index in [9.17, 15) is 4.79 Å². The summed E-state index contributed by atoms with van der Waals surface area (Å²) in [4.78, 5) is 17.0. The molecular weight excluding hydrogens is 326 g/mol. The normalized spacial score (nSPS) is 13.3. The van der Waals surface area contributed by atoms with Crippen molar-refractivity contribution in [1.82, 2.24) is 20.2 Å². The molecule has 3 aromatic rings. The van der Waals surface area contributed by atoms with Gasteiger partial charge in [0.05, 0.1) is 22.7 Å². The summed E-state index contributed by atoms with van der Waals surface area (Å²) in [6.07, 6.45) is 0.511. The predicted octanol–water partition coefficient (Wildman–Crippen LogP) is 2.45. The number of nitrogens with one attached hydrogen (secondary N) is 2. The fraction of sp³-hybridized carbons (Fsp3) is 0.250. The summed E-state index contributed by atoms with van der Waals surface area (Å²) in [5.74, 6) is 0.840. The molecule has 6 heteroatoms. The van der Waals surface area contributed by atoms with Crippen molar-refractivity contribution in [3.8, 4) is 17.5 Å². The minimum absolute atomic E-state index is 0.0420. The third-order valence-corrected chi connectivity index (χ3v) is 4.59. The summed E-state index contributed by atoms with van der Waals surface area (Å²) in [7, 11) is 0. The van der Waals surface area contributed by atoms with Gasteiger partial charge < -0.3 is 15.2 Å². The Morgan fingerprint density at radius 3 is 2.88 bits per heavy atom. The maximum absolute atomic E-state index is 12.3. The molecule has 0 unspecified atom stereocenters. The Morgan fingerprint density at radius 2 is 2.08 bits per heavy atom. The fourth-order valence-electron chi connectivity index (χ4n) is 3.33. The van der Waals surface area contributed by atoms with Crippen LogP contribution in [0.1, 0.15) is 22.3 Å². The molecule has 0 radical (unpaired) electrons. The SMILES string of the molecule is N#CCCNCc1ccc(-c2nc3cccc4c3n2CCNC4=O)cc1. The van der Waals surface area contributed by atoms with Crippen molar-refractivity contribution < 1.29 is 4.79 Å². The number of carbonyl (C=O) groups is 1. The molecule has 0 bridgehead atoms. The van der Waals surface area contributed by atoms with Crippen LogP contribution in [0.4, 0.5) is 0 Å². The van der Waals surface area contributed by atoms with Crippen molar-refractivity contribution >= 4 is 16.9 Å². The lowest BCUT2D eigenvalue weighted by atomic mass is 10.1. The maximum Gasteiger partial charge on any atom is 0.253 e. The van der Waals surface area contributed by atoms with E-state index in [1.807, 2.05) is 18.2 Å². The first kappa shape index (κ1) is 16.3. The Bertz CT molecular complexity index is 997. The van der Waals surface area contributed by atoms with E-state index in [1.165, 1.54) is 0 Å². The molecule has 26 heavy (non-hydrogen) atoms. The molecular formula is C20H19N5O. The van der Waals surface area contributed by atoms with Crippen molar-refractivity contribution in [3.63, 3.8) is 0 Å². The molecule has 0 saturated carbocycles. The first-order valence-corrected chi connectivity index (χ1v) is 8.72. The van der Waals surface area contributed by atoms with Gasteiger partial charge in [-0.2, -0.15) is 5.26 Å². The zero-order valence-electron chi connectivity index (χ0n) is 14.3. The Labute approximate surface area is 151 Å². The van der Waals surface area contributed by atoms with Gasteiger partial charge in [-0.1, -0.05) is 30.3 Å². The van der Waals surface area contributed by atoms with Crippen molar-refractivity contribution in [3.05, 3.63) is 53.6 Å². The van der Waals surface area contributed by atoms with Gasteiger partial charge in [0.2, 0.25) is 0 Å². The Hall–Kier alpha value is -3.17. The molecule has 0 aliphatic carbocycles. The monoisotopic (exact) mass is 345 g/mol. The molecule has 2 heterocycles. The van der Waals surface area contributed by atoms with Crippen molar-refractivity contribution in [2.24, 2.45) is 0 Å². The minimum Gasteiger partial charge on any atom is -0.350 e. The number of hydrogen-bond acceptors (Lipinski definition) is 4. The molecule has 1 amide bonds. The standard InChI is InChI=1S/C20H19N5O/c21-9-2-10-22-13-14-5-7-15(8-6-14)19-24-17-4-1-3-16-18(17)25(19)12-11-23-20(16)26/h1,3-8,22H,2,10-13H2,(H,23,26). The fourth-order valence-corrected chi connectivity index (χ4v) is 3.33. The largest absolute Gasteiger partial charge is 0.350 e. The molecule has 0 fully saturated rings. The van der Waals surface area contributed by atoms with Crippen molar-refractivity contribution in [1.29, 1.82) is 5.26 Å². The number of imidazole rings is 1. The first-order valence-electron chi connectivity index (χ1n) is 8.72. The number of rotatable bonds is 5. The van der Waals surface area contributed by atoms with Gasteiger partial charge in [0.1, 0.15) is 5.82 Å². The van der Waals surface area contributed by atoms with Gasteiger partial charge in [-0.3, -0.25) is 4.79 Å². The molecule has 0 spiro atoms. The van der Waals surface area contributed by atoms with Crippen LogP contribution in [0.25, 0.3) is 22.4 Å². The second-order valence-electron chi connectivity index (χ2n) is 6.30. The van der Waals surface area contributed by atoms with E-state index >= 15 is 0 Å². The molecule has 2 aromatic carbocycles. The van der Waals surface area contributed by atoms with E-state index in [1.54, 1.807) is 0 Å². The average Bonchev–Trinajstić information content (AvgIpc) is 2.95. The van der Waals surface area contributed by atoms with Crippen molar-refractivity contribution in [2.45, 2.75) is 19.5 Å². The Kier molecular flexibility index (Phi) is 4.38. The molecule has 130 valence electrons. The number of amides is 1. The summed E-state index contributed by atoms with van der Waals surface area (Å²) in [6, 6.07) is 16.1. The molecule has 0 saturated heterocycles. The Balaban J connectivity index is 1.67. The first-order chi connectivity index (χ1) is 12.8. The maximum atomic E-state index is 12.3. The van der Waals surface area contributed by atoms with E-state index in [0.717, 1.165) is 34.5 Å². The number of aromatic nitrogens is 2. The predicted molar refractivity (Wildman–Crippen MR) is 99.4 cm³/mol. The van der Waals surface area contributed by atoms with Crippen LogP contribution in [-0.2, 0) is 13.1 Å². The molecule has 0 atom stereocenters. The molecule has 6 nitrogen and oxygen atoms in total. The highest BCUT2D eigenvalue weighted by Gasteiger charge is 2.21. The smallest absolute Gasteiger partial charge is 0.253 e. The van der Waals surface area contributed by atoms with E-state index in [4.69, 9.17) is 10.2 Å². The number of carbonyl (C=O) groups excluding carboxylic acids is 1. The molecule has 2 N–H and O–H groups in total. The minimum atomic E-state index is -0.0420. The van der Waals surface area contributed by atoms with Crippen LogP contribution < -0.4 is 10.6 Å². The number of hydrogen-bond donors (Lipinski definition) is 2. The molecule has 1 aliphatic heterocycles.